The van der Waals surface area contributed by atoms with E-state index in [1.54, 1.807) is 6.92 Å². The first kappa shape index (κ1) is 17.1. The summed E-state index contributed by atoms with van der Waals surface area (Å²) in [6.45, 7) is 1.61. The van der Waals surface area contributed by atoms with Gasteiger partial charge in [0.2, 0.25) is 10.0 Å². The lowest BCUT2D eigenvalue weighted by Gasteiger charge is -2.12. The van der Waals surface area contributed by atoms with Gasteiger partial charge in [0, 0.05) is 25.3 Å². The molecule has 0 aliphatic rings. The summed E-state index contributed by atoms with van der Waals surface area (Å²) in [5.41, 5.74) is 1.08. The van der Waals surface area contributed by atoms with E-state index in [1.807, 2.05) is 0 Å². The highest BCUT2D eigenvalue weighted by Crippen LogP contribution is 2.17. The van der Waals surface area contributed by atoms with Crippen LogP contribution in [-0.2, 0) is 10.0 Å². The Labute approximate surface area is 134 Å². The third kappa shape index (κ3) is 3.75. The maximum atomic E-state index is 13.5. The first-order valence-corrected chi connectivity index (χ1v) is 8.26. The molecular formula is C16H17FN2O3S. The van der Waals surface area contributed by atoms with Crippen LogP contribution in [0.15, 0.2) is 47.4 Å². The van der Waals surface area contributed by atoms with E-state index in [0.29, 0.717) is 11.3 Å². The van der Waals surface area contributed by atoms with Crippen molar-refractivity contribution in [2.45, 2.75) is 11.8 Å². The predicted molar refractivity (Wildman–Crippen MR) is 86.4 cm³/mol. The fraction of sp³-hybridized carbons (Fsp3) is 0.188. The van der Waals surface area contributed by atoms with Gasteiger partial charge in [-0.3, -0.25) is 4.79 Å². The van der Waals surface area contributed by atoms with Crippen LogP contribution in [0.4, 0.5) is 10.1 Å². The second kappa shape index (κ2) is 6.47. The average Bonchev–Trinajstić information content (AvgIpc) is 2.50. The maximum absolute atomic E-state index is 13.5. The monoisotopic (exact) mass is 336 g/mol. The number of nitrogens with zero attached hydrogens (tertiary/aromatic N) is 1. The highest BCUT2D eigenvalue weighted by Gasteiger charge is 2.17. The van der Waals surface area contributed by atoms with Crippen molar-refractivity contribution in [2.75, 3.05) is 19.4 Å². The minimum atomic E-state index is -3.51. The molecule has 0 heterocycles. The summed E-state index contributed by atoms with van der Waals surface area (Å²) < 4.78 is 38.5. The summed E-state index contributed by atoms with van der Waals surface area (Å²) in [6.07, 6.45) is 0. The zero-order valence-corrected chi connectivity index (χ0v) is 13.8. The van der Waals surface area contributed by atoms with E-state index in [2.05, 4.69) is 5.32 Å². The van der Waals surface area contributed by atoms with Crippen molar-refractivity contribution in [1.29, 1.82) is 0 Å². The van der Waals surface area contributed by atoms with Gasteiger partial charge in [0.1, 0.15) is 5.82 Å². The smallest absolute Gasteiger partial charge is 0.255 e. The number of hydrogen-bond donors (Lipinski definition) is 1. The standard InChI is InChI=1S/C16H17FN2O3S/c1-11-4-5-12(10-15(11)17)16(20)18-13-6-8-14(9-7-13)23(21,22)19(2)3/h4-10H,1-3H3,(H,18,20). The van der Waals surface area contributed by atoms with Crippen LogP contribution in [0.2, 0.25) is 0 Å². The van der Waals surface area contributed by atoms with Crippen LogP contribution in [0.3, 0.4) is 0 Å². The zero-order chi connectivity index (χ0) is 17.2. The molecular weight excluding hydrogens is 319 g/mol. The number of nitrogens with one attached hydrogen (secondary N) is 1. The minimum absolute atomic E-state index is 0.127. The van der Waals surface area contributed by atoms with Gasteiger partial charge in [0.15, 0.2) is 0 Å². The van der Waals surface area contributed by atoms with Gasteiger partial charge in [-0.05, 0) is 48.9 Å². The molecule has 2 aromatic carbocycles. The molecule has 0 atom stereocenters. The van der Waals surface area contributed by atoms with E-state index in [-0.39, 0.29) is 10.5 Å². The van der Waals surface area contributed by atoms with Crippen molar-refractivity contribution in [3.05, 3.63) is 59.4 Å². The molecule has 0 saturated heterocycles. The second-order valence-electron chi connectivity index (χ2n) is 5.23. The Kier molecular flexibility index (Phi) is 4.82. The number of hydrogen-bond acceptors (Lipinski definition) is 3. The fourth-order valence-corrected chi connectivity index (χ4v) is 2.76. The third-order valence-electron chi connectivity index (χ3n) is 3.32. The van der Waals surface area contributed by atoms with Crippen LogP contribution < -0.4 is 5.32 Å². The number of benzene rings is 2. The van der Waals surface area contributed by atoms with Crippen molar-refractivity contribution in [3.8, 4) is 0 Å². The van der Waals surface area contributed by atoms with Gasteiger partial charge in [0.05, 0.1) is 4.90 Å². The summed E-state index contributed by atoms with van der Waals surface area (Å²) in [5, 5.41) is 2.60. The lowest BCUT2D eigenvalue weighted by Crippen LogP contribution is -2.22. The molecule has 0 bridgehead atoms. The minimum Gasteiger partial charge on any atom is -0.322 e. The van der Waals surface area contributed by atoms with E-state index in [4.69, 9.17) is 0 Å². The molecule has 0 aromatic heterocycles. The molecule has 0 aliphatic heterocycles. The van der Waals surface area contributed by atoms with Crippen molar-refractivity contribution >= 4 is 21.6 Å². The summed E-state index contributed by atoms with van der Waals surface area (Å²) in [7, 11) is -0.631. The van der Waals surface area contributed by atoms with Crippen molar-refractivity contribution in [3.63, 3.8) is 0 Å². The quantitative estimate of drug-likeness (QED) is 0.933. The average molecular weight is 336 g/mol. The first-order valence-electron chi connectivity index (χ1n) is 6.82. The van der Waals surface area contributed by atoms with Gasteiger partial charge < -0.3 is 5.32 Å². The van der Waals surface area contributed by atoms with E-state index < -0.39 is 21.7 Å². The first-order chi connectivity index (χ1) is 10.7. The van der Waals surface area contributed by atoms with Crippen molar-refractivity contribution < 1.29 is 17.6 Å². The summed E-state index contributed by atoms with van der Waals surface area (Å²) >= 11 is 0. The summed E-state index contributed by atoms with van der Waals surface area (Å²) in [5.74, 6) is -0.919. The van der Waals surface area contributed by atoms with Gasteiger partial charge in [0.25, 0.3) is 5.91 Å². The van der Waals surface area contributed by atoms with E-state index >= 15 is 0 Å². The largest absolute Gasteiger partial charge is 0.322 e. The lowest BCUT2D eigenvalue weighted by molar-refractivity contribution is 0.102. The highest BCUT2D eigenvalue weighted by molar-refractivity contribution is 7.89. The maximum Gasteiger partial charge on any atom is 0.255 e. The molecule has 23 heavy (non-hydrogen) atoms. The Morgan fingerprint density at radius 1 is 1.09 bits per heavy atom. The van der Waals surface area contributed by atoms with Crippen LogP contribution in [0.25, 0.3) is 0 Å². The third-order valence-corrected chi connectivity index (χ3v) is 5.15. The van der Waals surface area contributed by atoms with Gasteiger partial charge in [-0.15, -0.1) is 0 Å². The molecule has 1 N–H and O–H groups in total. The number of carbonyl (C=O) groups is 1. The number of aryl methyl sites for hydroxylation is 1. The fourth-order valence-electron chi connectivity index (χ4n) is 1.86. The number of halogens is 1. The molecule has 2 rings (SSSR count). The van der Waals surface area contributed by atoms with Crippen molar-refractivity contribution in [1.82, 2.24) is 4.31 Å². The summed E-state index contributed by atoms with van der Waals surface area (Å²) in [6, 6.07) is 9.99. The number of carbonyl (C=O) groups excluding carboxylic acids is 1. The van der Waals surface area contributed by atoms with Crippen molar-refractivity contribution in [2.24, 2.45) is 0 Å². The second-order valence-corrected chi connectivity index (χ2v) is 7.38. The Morgan fingerprint density at radius 3 is 2.22 bits per heavy atom. The van der Waals surface area contributed by atoms with Gasteiger partial charge >= 0.3 is 0 Å². The molecule has 5 nitrogen and oxygen atoms in total. The van der Waals surface area contributed by atoms with Crippen LogP contribution in [0, 0.1) is 12.7 Å². The van der Waals surface area contributed by atoms with Crippen LogP contribution >= 0.6 is 0 Å². The number of sulfonamides is 1. The SMILES string of the molecule is Cc1ccc(C(=O)Nc2ccc(S(=O)(=O)N(C)C)cc2)cc1F. The summed E-state index contributed by atoms with van der Waals surface area (Å²) in [4.78, 5) is 12.2. The lowest BCUT2D eigenvalue weighted by atomic mass is 10.1. The molecule has 1 amide bonds. The molecule has 0 spiro atoms. The topological polar surface area (TPSA) is 66.5 Å². The van der Waals surface area contributed by atoms with E-state index in [9.17, 15) is 17.6 Å². The molecule has 0 aliphatic carbocycles. The Hall–Kier alpha value is -2.25. The zero-order valence-electron chi connectivity index (χ0n) is 13.0. The van der Waals surface area contributed by atoms with Gasteiger partial charge in [-0.25, -0.2) is 17.1 Å². The van der Waals surface area contributed by atoms with E-state index in [1.165, 1.54) is 50.5 Å². The van der Waals surface area contributed by atoms with Gasteiger partial charge in [-0.2, -0.15) is 0 Å². The number of anilines is 1. The molecule has 0 fully saturated rings. The van der Waals surface area contributed by atoms with E-state index in [0.717, 1.165) is 10.4 Å². The predicted octanol–water partition coefficient (Wildman–Crippen LogP) is 2.64. The molecule has 7 heteroatoms. The van der Waals surface area contributed by atoms with Crippen LogP contribution in [-0.4, -0.2) is 32.7 Å². The number of rotatable bonds is 4. The number of amides is 1. The Balaban J connectivity index is 2.18. The highest BCUT2D eigenvalue weighted by atomic mass is 32.2. The molecule has 0 radical (unpaired) electrons. The molecule has 2 aromatic rings. The molecule has 0 unspecified atom stereocenters. The Bertz CT molecular complexity index is 831. The van der Waals surface area contributed by atoms with Crippen LogP contribution in [0.5, 0.6) is 0 Å². The Morgan fingerprint density at radius 2 is 1.70 bits per heavy atom. The molecule has 0 saturated carbocycles. The molecule has 122 valence electrons. The van der Waals surface area contributed by atoms with Crippen LogP contribution in [0.1, 0.15) is 15.9 Å². The van der Waals surface area contributed by atoms with Gasteiger partial charge in [-0.1, -0.05) is 6.07 Å². The normalized spacial score (nSPS) is 11.5.